The zero-order valence-electron chi connectivity index (χ0n) is 15.3. The summed E-state index contributed by atoms with van der Waals surface area (Å²) >= 11 is 0. The minimum atomic E-state index is -0.707. The first-order valence-corrected chi connectivity index (χ1v) is 8.77. The second-order valence-electron chi connectivity index (χ2n) is 7.05. The van der Waals surface area contributed by atoms with E-state index in [1.165, 1.54) is 7.11 Å². The molecule has 0 aliphatic carbocycles. The predicted octanol–water partition coefficient (Wildman–Crippen LogP) is 2.48. The van der Waals surface area contributed by atoms with Crippen molar-refractivity contribution in [3.05, 3.63) is 35.9 Å². The second kappa shape index (κ2) is 7.63. The van der Waals surface area contributed by atoms with Crippen molar-refractivity contribution in [2.45, 2.75) is 57.3 Å². The Morgan fingerprint density at radius 1 is 1.27 bits per heavy atom. The van der Waals surface area contributed by atoms with Crippen molar-refractivity contribution in [2.24, 2.45) is 0 Å². The molecule has 3 atom stereocenters. The Hall–Kier alpha value is -2.12. The van der Waals surface area contributed by atoms with Gasteiger partial charge in [0.1, 0.15) is 6.61 Å². The first kappa shape index (κ1) is 18.7. The molecule has 0 N–H and O–H groups in total. The Kier molecular flexibility index (Phi) is 5.48. The van der Waals surface area contributed by atoms with Crippen LogP contribution in [0.25, 0.3) is 0 Å². The molecule has 2 aliphatic rings. The quantitative estimate of drug-likeness (QED) is 0.765. The topological polar surface area (TPSA) is 74.3 Å². The van der Waals surface area contributed by atoms with E-state index in [0.717, 1.165) is 5.56 Å². The molecule has 2 saturated heterocycles. The predicted molar refractivity (Wildman–Crippen MR) is 92.2 cm³/mol. The van der Waals surface area contributed by atoms with Gasteiger partial charge in [0.2, 0.25) is 0 Å². The van der Waals surface area contributed by atoms with Gasteiger partial charge in [0, 0.05) is 6.04 Å². The lowest BCUT2D eigenvalue weighted by Crippen LogP contribution is -2.53. The molecule has 0 radical (unpaired) electrons. The summed E-state index contributed by atoms with van der Waals surface area (Å²) in [5, 5.41) is 0. The van der Waals surface area contributed by atoms with E-state index in [4.69, 9.17) is 18.9 Å². The molecular weight excluding hydrogens is 338 g/mol. The van der Waals surface area contributed by atoms with Crippen LogP contribution < -0.4 is 0 Å². The monoisotopic (exact) mass is 363 g/mol. The molecule has 7 nitrogen and oxygen atoms in total. The van der Waals surface area contributed by atoms with Crippen molar-refractivity contribution < 1.29 is 28.5 Å². The molecule has 0 bridgehead atoms. The highest BCUT2D eigenvalue weighted by molar-refractivity contribution is 5.73. The molecule has 142 valence electrons. The number of ether oxygens (including phenoxy) is 4. The molecular formula is C19H25NO6. The SMILES string of the molecule is COC(=O)C[C@H]1C[C@H]2OC(C)(C)OC[C@H]2N1C(=O)OCc1ccccc1. The van der Waals surface area contributed by atoms with E-state index in [1.54, 1.807) is 4.90 Å². The van der Waals surface area contributed by atoms with Gasteiger partial charge in [-0.1, -0.05) is 30.3 Å². The molecule has 0 unspecified atom stereocenters. The second-order valence-corrected chi connectivity index (χ2v) is 7.05. The van der Waals surface area contributed by atoms with Crippen LogP contribution in [0.4, 0.5) is 4.79 Å². The average Bonchev–Trinajstić information content (AvgIpc) is 2.96. The summed E-state index contributed by atoms with van der Waals surface area (Å²) in [6.45, 7) is 4.20. The van der Waals surface area contributed by atoms with E-state index in [1.807, 2.05) is 44.2 Å². The number of benzene rings is 1. The van der Waals surface area contributed by atoms with Crippen LogP contribution in [0.3, 0.4) is 0 Å². The molecule has 7 heteroatoms. The number of carbonyl (C=O) groups is 2. The smallest absolute Gasteiger partial charge is 0.410 e. The van der Waals surface area contributed by atoms with Gasteiger partial charge >= 0.3 is 12.1 Å². The van der Waals surface area contributed by atoms with Crippen LogP contribution in [-0.2, 0) is 30.3 Å². The Bertz CT molecular complexity index is 647. The normalized spacial score (nSPS) is 26.9. The third kappa shape index (κ3) is 4.16. The van der Waals surface area contributed by atoms with E-state index in [2.05, 4.69) is 0 Å². The standard InChI is InChI=1S/C19H25NO6/c1-19(2)25-12-15-16(26-19)9-14(10-17(21)23-3)20(15)18(22)24-11-13-7-5-4-6-8-13/h4-8,14-16H,9-12H2,1-3H3/t14-,15-,16-/m1/s1. The lowest BCUT2D eigenvalue weighted by Gasteiger charge is -2.40. The number of hydrogen-bond acceptors (Lipinski definition) is 6. The minimum absolute atomic E-state index is 0.105. The average molecular weight is 363 g/mol. The van der Waals surface area contributed by atoms with Crippen LogP contribution >= 0.6 is 0 Å². The first-order valence-electron chi connectivity index (χ1n) is 8.77. The summed E-state index contributed by atoms with van der Waals surface area (Å²) in [7, 11) is 1.34. The lowest BCUT2D eigenvalue weighted by atomic mass is 10.1. The molecule has 3 rings (SSSR count). The Labute approximate surface area is 153 Å². The van der Waals surface area contributed by atoms with E-state index >= 15 is 0 Å². The third-order valence-corrected chi connectivity index (χ3v) is 4.77. The Morgan fingerprint density at radius 2 is 2.00 bits per heavy atom. The van der Waals surface area contributed by atoms with Gasteiger partial charge in [0.25, 0.3) is 0 Å². The van der Waals surface area contributed by atoms with E-state index < -0.39 is 11.9 Å². The van der Waals surface area contributed by atoms with E-state index in [0.29, 0.717) is 13.0 Å². The zero-order valence-corrected chi connectivity index (χ0v) is 15.3. The molecule has 0 aromatic heterocycles. The van der Waals surface area contributed by atoms with Gasteiger partial charge in [0.05, 0.1) is 32.3 Å². The summed E-state index contributed by atoms with van der Waals surface area (Å²) in [6, 6.07) is 8.85. The number of amides is 1. The third-order valence-electron chi connectivity index (χ3n) is 4.77. The number of fused-ring (bicyclic) bond motifs is 1. The fourth-order valence-electron chi connectivity index (χ4n) is 3.52. The summed E-state index contributed by atoms with van der Waals surface area (Å²) in [5.41, 5.74) is 0.901. The lowest BCUT2D eigenvalue weighted by molar-refractivity contribution is -0.281. The fourth-order valence-corrected chi connectivity index (χ4v) is 3.52. The van der Waals surface area contributed by atoms with Crippen molar-refractivity contribution in [1.29, 1.82) is 0 Å². The first-order chi connectivity index (χ1) is 12.4. The van der Waals surface area contributed by atoms with Crippen LogP contribution in [0.2, 0.25) is 0 Å². The number of esters is 1. The van der Waals surface area contributed by atoms with Crippen molar-refractivity contribution >= 4 is 12.1 Å². The molecule has 0 saturated carbocycles. The van der Waals surface area contributed by atoms with Crippen molar-refractivity contribution in [3.63, 3.8) is 0 Å². The van der Waals surface area contributed by atoms with Crippen molar-refractivity contribution in [1.82, 2.24) is 4.90 Å². The number of carbonyl (C=O) groups excluding carboxylic acids is 2. The van der Waals surface area contributed by atoms with Crippen molar-refractivity contribution in [2.75, 3.05) is 13.7 Å². The fraction of sp³-hybridized carbons (Fsp3) is 0.579. The van der Waals surface area contributed by atoms with Gasteiger partial charge in [0.15, 0.2) is 5.79 Å². The number of methoxy groups -OCH3 is 1. The molecule has 2 aliphatic heterocycles. The molecule has 26 heavy (non-hydrogen) atoms. The van der Waals surface area contributed by atoms with Gasteiger partial charge in [-0.15, -0.1) is 0 Å². The highest BCUT2D eigenvalue weighted by Gasteiger charge is 2.50. The van der Waals surface area contributed by atoms with Gasteiger partial charge in [-0.05, 0) is 25.8 Å². The molecule has 1 aromatic carbocycles. The zero-order chi connectivity index (χ0) is 18.7. The highest BCUT2D eigenvalue weighted by atomic mass is 16.7. The number of nitrogens with zero attached hydrogens (tertiary/aromatic N) is 1. The Morgan fingerprint density at radius 3 is 2.69 bits per heavy atom. The molecule has 2 fully saturated rings. The van der Waals surface area contributed by atoms with Crippen molar-refractivity contribution in [3.8, 4) is 0 Å². The maximum absolute atomic E-state index is 12.8. The largest absolute Gasteiger partial charge is 0.469 e. The number of rotatable bonds is 4. The highest BCUT2D eigenvalue weighted by Crippen LogP contribution is 2.36. The van der Waals surface area contributed by atoms with Crippen LogP contribution in [0.5, 0.6) is 0 Å². The van der Waals surface area contributed by atoms with E-state index in [-0.39, 0.29) is 37.2 Å². The molecule has 2 heterocycles. The van der Waals surface area contributed by atoms with Gasteiger partial charge < -0.3 is 18.9 Å². The summed E-state index contributed by atoms with van der Waals surface area (Å²) < 4.78 is 21.9. The molecule has 0 spiro atoms. The number of likely N-dealkylation sites (tertiary alicyclic amines) is 1. The van der Waals surface area contributed by atoms with Crippen LogP contribution in [-0.4, -0.2) is 54.7 Å². The number of hydrogen-bond donors (Lipinski definition) is 0. The summed E-state index contributed by atoms with van der Waals surface area (Å²) in [5.74, 6) is -1.07. The molecule has 1 aromatic rings. The van der Waals surface area contributed by atoms with Gasteiger partial charge in [-0.3, -0.25) is 9.69 Å². The molecule has 1 amide bonds. The minimum Gasteiger partial charge on any atom is -0.469 e. The van der Waals surface area contributed by atoms with Crippen LogP contribution in [0.15, 0.2) is 30.3 Å². The van der Waals surface area contributed by atoms with Gasteiger partial charge in [-0.25, -0.2) is 4.79 Å². The van der Waals surface area contributed by atoms with Crippen LogP contribution in [0, 0.1) is 0 Å². The van der Waals surface area contributed by atoms with E-state index in [9.17, 15) is 9.59 Å². The summed E-state index contributed by atoms with van der Waals surface area (Å²) in [4.78, 5) is 26.1. The maximum atomic E-state index is 12.8. The maximum Gasteiger partial charge on any atom is 0.410 e. The van der Waals surface area contributed by atoms with Crippen LogP contribution in [0.1, 0.15) is 32.3 Å². The van der Waals surface area contributed by atoms with Gasteiger partial charge in [-0.2, -0.15) is 0 Å². The summed E-state index contributed by atoms with van der Waals surface area (Å²) in [6.07, 6.45) is -0.0133. The Balaban J connectivity index is 1.71.